The first-order valence-electron chi connectivity index (χ1n) is 9.60. The van der Waals surface area contributed by atoms with E-state index in [0.717, 1.165) is 22.4 Å². The van der Waals surface area contributed by atoms with Crippen LogP contribution in [0.1, 0.15) is 28.3 Å². The van der Waals surface area contributed by atoms with Crippen molar-refractivity contribution in [3.63, 3.8) is 0 Å². The van der Waals surface area contributed by atoms with Gasteiger partial charge < -0.3 is 5.32 Å². The second kappa shape index (κ2) is 9.24. The SMILES string of the molecule is Cc1ccccc1Nc1nc(Cc2cccc(Cl)c2)nc(Cc2cccc(Cl)c2)n1. The van der Waals surface area contributed by atoms with E-state index < -0.39 is 0 Å². The highest BCUT2D eigenvalue weighted by atomic mass is 35.5. The number of nitrogens with zero attached hydrogens (tertiary/aromatic N) is 3. The number of rotatable bonds is 6. The first-order chi connectivity index (χ1) is 14.5. The standard InChI is InChI=1S/C24H20Cl2N4/c1-16-6-2-3-11-21(16)27-24-29-22(14-17-7-4-9-19(25)12-17)28-23(30-24)15-18-8-5-10-20(26)13-18/h2-13H,14-15H2,1H3,(H,27,28,29,30). The smallest absolute Gasteiger partial charge is 0.230 e. The zero-order chi connectivity index (χ0) is 20.9. The summed E-state index contributed by atoms with van der Waals surface area (Å²) in [5, 5.41) is 4.72. The van der Waals surface area contributed by atoms with Crippen LogP contribution in [0.5, 0.6) is 0 Å². The molecule has 0 saturated carbocycles. The third kappa shape index (κ3) is 5.35. The van der Waals surface area contributed by atoms with E-state index in [1.165, 1.54) is 0 Å². The Bertz CT molecular complexity index is 1110. The fourth-order valence-corrected chi connectivity index (χ4v) is 3.60. The van der Waals surface area contributed by atoms with Gasteiger partial charge >= 0.3 is 0 Å². The zero-order valence-electron chi connectivity index (χ0n) is 16.4. The molecule has 1 aromatic heterocycles. The Kier molecular flexibility index (Phi) is 6.26. The molecule has 0 aliphatic heterocycles. The van der Waals surface area contributed by atoms with Crippen LogP contribution in [0.2, 0.25) is 10.0 Å². The molecular formula is C24H20Cl2N4. The Morgan fingerprint density at radius 3 is 1.80 bits per heavy atom. The number of hydrogen-bond acceptors (Lipinski definition) is 4. The van der Waals surface area contributed by atoms with Crippen molar-refractivity contribution in [1.29, 1.82) is 0 Å². The van der Waals surface area contributed by atoms with Crippen molar-refractivity contribution in [3.8, 4) is 0 Å². The van der Waals surface area contributed by atoms with Crippen molar-refractivity contribution < 1.29 is 0 Å². The largest absolute Gasteiger partial charge is 0.324 e. The van der Waals surface area contributed by atoms with Gasteiger partial charge in [0, 0.05) is 28.6 Å². The topological polar surface area (TPSA) is 50.7 Å². The van der Waals surface area contributed by atoms with Gasteiger partial charge in [-0.25, -0.2) is 4.98 Å². The molecule has 30 heavy (non-hydrogen) atoms. The Morgan fingerprint density at radius 2 is 1.27 bits per heavy atom. The average Bonchev–Trinajstić information content (AvgIpc) is 2.70. The predicted molar refractivity (Wildman–Crippen MR) is 123 cm³/mol. The van der Waals surface area contributed by atoms with E-state index in [0.29, 0.717) is 40.5 Å². The van der Waals surface area contributed by atoms with Crippen molar-refractivity contribution >= 4 is 34.8 Å². The Labute approximate surface area is 186 Å². The van der Waals surface area contributed by atoms with E-state index in [9.17, 15) is 0 Å². The minimum absolute atomic E-state index is 0.522. The molecular weight excluding hydrogens is 415 g/mol. The molecule has 1 heterocycles. The van der Waals surface area contributed by atoms with Gasteiger partial charge in [0.25, 0.3) is 0 Å². The van der Waals surface area contributed by atoms with Crippen molar-refractivity contribution in [2.45, 2.75) is 19.8 Å². The van der Waals surface area contributed by atoms with Crippen molar-refractivity contribution in [2.75, 3.05) is 5.32 Å². The lowest BCUT2D eigenvalue weighted by Crippen LogP contribution is -2.09. The molecule has 1 N–H and O–H groups in total. The molecule has 4 rings (SSSR count). The highest BCUT2D eigenvalue weighted by molar-refractivity contribution is 6.30. The van der Waals surface area contributed by atoms with E-state index in [4.69, 9.17) is 28.2 Å². The lowest BCUT2D eigenvalue weighted by molar-refractivity contribution is 0.856. The lowest BCUT2D eigenvalue weighted by atomic mass is 10.1. The molecule has 0 aliphatic carbocycles. The number of anilines is 2. The van der Waals surface area contributed by atoms with Gasteiger partial charge in [0.05, 0.1) is 0 Å². The molecule has 0 bridgehead atoms. The Morgan fingerprint density at radius 1 is 0.700 bits per heavy atom. The number of aromatic nitrogens is 3. The number of nitrogens with one attached hydrogen (secondary N) is 1. The second-order valence-electron chi connectivity index (χ2n) is 7.04. The summed E-state index contributed by atoms with van der Waals surface area (Å²) in [6.07, 6.45) is 1.13. The highest BCUT2D eigenvalue weighted by Crippen LogP contribution is 2.20. The minimum atomic E-state index is 0.522. The van der Waals surface area contributed by atoms with Crippen molar-refractivity contribution in [2.24, 2.45) is 0 Å². The van der Waals surface area contributed by atoms with Crippen LogP contribution in [0.15, 0.2) is 72.8 Å². The third-order valence-corrected chi connectivity index (χ3v) is 5.09. The maximum atomic E-state index is 6.14. The van der Waals surface area contributed by atoms with Gasteiger partial charge in [-0.05, 0) is 53.9 Å². The van der Waals surface area contributed by atoms with E-state index in [2.05, 4.69) is 15.3 Å². The number of benzene rings is 3. The molecule has 0 unspecified atom stereocenters. The van der Waals surface area contributed by atoms with Gasteiger partial charge in [0.1, 0.15) is 11.6 Å². The highest BCUT2D eigenvalue weighted by Gasteiger charge is 2.10. The van der Waals surface area contributed by atoms with Crippen molar-refractivity contribution in [1.82, 2.24) is 15.0 Å². The number of aryl methyl sites for hydroxylation is 1. The number of para-hydroxylation sites is 1. The molecule has 0 aliphatic rings. The Balaban J connectivity index is 1.68. The monoisotopic (exact) mass is 434 g/mol. The normalized spacial score (nSPS) is 10.8. The predicted octanol–water partition coefficient (Wildman–Crippen LogP) is 6.41. The second-order valence-corrected chi connectivity index (χ2v) is 7.92. The number of halogens is 2. The van der Waals surface area contributed by atoms with Crippen LogP contribution < -0.4 is 5.32 Å². The summed E-state index contributed by atoms with van der Waals surface area (Å²) < 4.78 is 0. The third-order valence-electron chi connectivity index (χ3n) is 4.62. The summed E-state index contributed by atoms with van der Waals surface area (Å²) in [5.41, 5.74) is 4.17. The molecule has 0 atom stereocenters. The molecule has 0 saturated heterocycles. The molecule has 0 amide bonds. The maximum absolute atomic E-state index is 6.14. The molecule has 0 fully saturated rings. The van der Waals surface area contributed by atoms with Gasteiger partial charge in [-0.1, -0.05) is 65.7 Å². The van der Waals surface area contributed by atoms with Gasteiger partial charge in [-0.3, -0.25) is 0 Å². The first kappa shape index (κ1) is 20.3. The van der Waals surface area contributed by atoms with Crippen LogP contribution in [-0.2, 0) is 12.8 Å². The van der Waals surface area contributed by atoms with E-state index >= 15 is 0 Å². The Hall–Kier alpha value is -2.95. The van der Waals surface area contributed by atoms with Crippen LogP contribution >= 0.6 is 23.2 Å². The summed E-state index contributed by atoms with van der Waals surface area (Å²) >= 11 is 12.3. The number of hydrogen-bond donors (Lipinski definition) is 1. The van der Waals surface area contributed by atoms with Crippen LogP contribution in [0.3, 0.4) is 0 Å². The lowest BCUT2D eigenvalue weighted by Gasteiger charge is -2.11. The summed E-state index contributed by atoms with van der Waals surface area (Å²) in [4.78, 5) is 14.0. The average molecular weight is 435 g/mol. The minimum Gasteiger partial charge on any atom is -0.324 e. The quantitative estimate of drug-likeness (QED) is 0.380. The zero-order valence-corrected chi connectivity index (χ0v) is 18.0. The van der Waals surface area contributed by atoms with E-state index in [1.54, 1.807) is 0 Å². The molecule has 0 radical (unpaired) electrons. The molecule has 6 heteroatoms. The van der Waals surface area contributed by atoms with E-state index in [1.807, 2.05) is 79.7 Å². The van der Waals surface area contributed by atoms with Crippen LogP contribution in [0, 0.1) is 6.92 Å². The van der Waals surface area contributed by atoms with Gasteiger partial charge in [-0.2, -0.15) is 9.97 Å². The molecule has 3 aromatic carbocycles. The summed E-state index contributed by atoms with van der Waals surface area (Å²) in [6, 6.07) is 23.5. The van der Waals surface area contributed by atoms with Gasteiger partial charge in [-0.15, -0.1) is 0 Å². The van der Waals surface area contributed by atoms with Gasteiger partial charge in [0.15, 0.2) is 0 Å². The van der Waals surface area contributed by atoms with E-state index in [-0.39, 0.29) is 0 Å². The molecule has 150 valence electrons. The fourth-order valence-electron chi connectivity index (χ4n) is 3.18. The summed E-state index contributed by atoms with van der Waals surface area (Å²) in [5.74, 6) is 1.88. The van der Waals surface area contributed by atoms with Crippen molar-refractivity contribution in [3.05, 3.63) is 111 Å². The summed E-state index contributed by atoms with van der Waals surface area (Å²) in [7, 11) is 0. The first-order valence-corrected chi connectivity index (χ1v) is 10.4. The van der Waals surface area contributed by atoms with Crippen LogP contribution in [0.25, 0.3) is 0 Å². The summed E-state index contributed by atoms with van der Waals surface area (Å²) in [6.45, 7) is 2.04. The fraction of sp³-hybridized carbons (Fsp3) is 0.125. The molecule has 4 nitrogen and oxygen atoms in total. The molecule has 0 spiro atoms. The van der Waals surface area contributed by atoms with Crippen LogP contribution in [0.4, 0.5) is 11.6 Å². The molecule has 4 aromatic rings. The maximum Gasteiger partial charge on any atom is 0.230 e. The van der Waals surface area contributed by atoms with Crippen LogP contribution in [-0.4, -0.2) is 15.0 Å². The van der Waals surface area contributed by atoms with Gasteiger partial charge in [0.2, 0.25) is 5.95 Å².